The van der Waals surface area contributed by atoms with Crippen molar-refractivity contribution in [1.82, 2.24) is 4.90 Å². The minimum atomic E-state index is 0.323. The summed E-state index contributed by atoms with van der Waals surface area (Å²) >= 11 is 0. The number of hydrogen-bond acceptors (Lipinski definition) is 2. The Hall–Kier alpha value is -0.370. The third-order valence-electron chi connectivity index (χ3n) is 6.46. The molecule has 20 heavy (non-hydrogen) atoms. The minimum absolute atomic E-state index is 0.323. The highest BCUT2D eigenvalue weighted by molar-refractivity contribution is 5.82. The second-order valence-corrected chi connectivity index (χ2v) is 8.10. The molecule has 2 heteroatoms. The van der Waals surface area contributed by atoms with Crippen LogP contribution in [0.25, 0.3) is 0 Å². The zero-order valence-electron chi connectivity index (χ0n) is 13.4. The number of likely N-dealkylation sites (tertiary alicyclic amines) is 1. The summed E-state index contributed by atoms with van der Waals surface area (Å²) in [6, 6.07) is 0. The Kier molecular flexibility index (Phi) is 4.21. The van der Waals surface area contributed by atoms with Crippen LogP contribution in [0.5, 0.6) is 0 Å². The molecule has 0 bridgehead atoms. The molecule has 1 heterocycles. The molecule has 0 aromatic rings. The van der Waals surface area contributed by atoms with Crippen LogP contribution in [0.2, 0.25) is 0 Å². The minimum Gasteiger partial charge on any atom is -0.303 e. The average molecular weight is 277 g/mol. The first-order valence-electron chi connectivity index (χ1n) is 8.83. The van der Waals surface area contributed by atoms with Gasteiger partial charge in [0, 0.05) is 18.9 Å². The summed E-state index contributed by atoms with van der Waals surface area (Å²) < 4.78 is 0. The standard InChI is InChI=1S/C18H31NO/c1-14-11-15(2)16(17(20)12-14)13-19-9-7-18(8-10-19)5-3-4-6-18/h14-16H,3-13H2,1-2H3. The van der Waals surface area contributed by atoms with Crippen LogP contribution < -0.4 is 0 Å². The van der Waals surface area contributed by atoms with Crippen molar-refractivity contribution in [2.24, 2.45) is 23.2 Å². The van der Waals surface area contributed by atoms with Crippen molar-refractivity contribution >= 4 is 5.78 Å². The summed E-state index contributed by atoms with van der Waals surface area (Å²) in [6.07, 6.45) is 10.7. The van der Waals surface area contributed by atoms with E-state index in [0.29, 0.717) is 29.0 Å². The largest absolute Gasteiger partial charge is 0.303 e. The van der Waals surface area contributed by atoms with E-state index in [-0.39, 0.29) is 0 Å². The Morgan fingerprint density at radius 1 is 1.10 bits per heavy atom. The molecule has 2 aliphatic carbocycles. The van der Waals surface area contributed by atoms with E-state index < -0.39 is 0 Å². The fraction of sp³-hybridized carbons (Fsp3) is 0.944. The van der Waals surface area contributed by atoms with Crippen molar-refractivity contribution in [1.29, 1.82) is 0 Å². The quantitative estimate of drug-likeness (QED) is 0.763. The van der Waals surface area contributed by atoms with E-state index >= 15 is 0 Å². The molecule has 1 saturated heterocycles. The van der Waals surface area contributed by atoms with Crippen LogP contribution in [-0.4, -0.2) is 30.3 Å². The van der Waals surface area contributed by atoms with E-state index in [1.165, 1.54) is 58.0 Å². The molecule has 0 aromatic carbocycles. The Morgan fingerprint density at radius 3 is 2.35 bits per heavy atom. The molecule has 0 amide bonds. The van der Waals surface area contributed by atoms with Gasteiger partial charge in [0.1, 0.15) is 5.78 Å². The smallest absolute Gasteiger partial charge is 0.137 e. The van der Waals surface area contributed by atoms with Crippen molar-refractivity contribution in [2.45, 2.75) is 65.2 Å². The molecule has 0 N–H and O–H groups in total. The summed E-state index contributed by atoms with van der Waals surface area (Å²) in [5.74, 6) is 2.06. The normalized spacial score (nSPS) is 38.5. The molecule has 3 atom stereocenters. The van der Waals surface area contributed by atoms with E-state index in [1.54, 1.807) is 0 Å². The summed E-state index contributed by atoms with van der Waals surface area (Å²) in [4.78, 5) is 14.9. The monoisotopic (exact) mass is 277 g/mol. The van der Waals surface area contributed by atoms with E-state index in [2.05, 4.69) is 18.7 Å². The number of piperidine rings is 1. The molecule has 3 unspecified atom stereocenters. The Balaban J connectivity index is 1.53. The summed E-state index contributed by atoms with van der Waals surface area (Å²) in [6.45, 7) is 8.05. The predicted octanol–water partition coefficient (Wildman–Crippen LogP) is 3.89. The number of rotatable bonds is 2. The van der Waals surface area contributed by atoms with Gasteiger partial charge in [-0.05, 0) is 62.4 Å². The van der Waals surface area contributed by atoms with Gasteiger partial charge in [-0.2, -0.15) is 0 Å². The molecular weight excluding hydrogens is 246 g/mol. The highest BCUT2D eigenvalue weighted by atomic mass is 16.1. The van der Waals surface area contributed by atoms with Gasteiger partial charge in [0.25, 0.3) is 0 Å². The topological polar surface area (TPSA) is 20.3 Å². The highest BCUT2D eigenvalue weighted by Crippen LogP contribution is 2.46. The van der Waals surface area contributed by atoms with E-state index in [0.717, 1.165) is 13.0 Å². The maximum Gasteiger partial charge on any atom is 0.137 e. The third-order valence-corrected chi connectivity index (χ3v) is 6.46. The van der Waals surface area contributed by atoms with Crippen LogP contribution >= 0.6 is 0 Å². The van der Waals surface area contributed by atoms with Gasteiger partial charge in [-0.15, -0.1) is 0 Å². The maximum absolute atomic E-state index is 12.3. The van der Waals surface area contributed by atoms with Crippen LogP contribution in [0.4, 0.5) is 0 Å². The van der Waals surface area contributed by atoms with Crippen molar-refractivity contribution < 1.29 is 4.79 Å². The molecule has 3 fully saturated rings. The zero-order chi connectivity index (χ0) is 14.2. The fourth-order valence-corrected chi connectivity index (χ4v) is 5.09. The number of nitrogens with zero attached hydrogens (tertiary/aromatic N) is 1. The summed E-state index contributed by atoms with van der Waals surface area (Å²) in [5.41, 5.74) is 0.702. The van der Waals surface area contributed by atoms with Crippen LogP contribution in [0.1, 0.15) is 65.2 Å². The lowest BCUT2D eigenvalue weighted by Crippen LogP contribution is -2.45. The second-order valence-electron chi connectivity index (χ2n) is 8.10. The molecule has 1 aliphatic heterocycles. The lowest BCUT2D eigenvalue weighted by atomic mass is 9.73. The van der Waals surface area contributed by atoms with Gasteiger partial charge < -0.3 is 4.90 Å². The maximum atomic E-state index is 12.3. The van der Waals surface area contributed by atoms with Crippen molar-refractivity contribution in [2.75, 3.05) is 19.6 Å². The molecule has 0 aromatic heterocycles. The van der Waals surface area contributed by atoms with Gasteiger partial charge in [-0.25, -0.2) is 0 Å². The zero-order valence-corrected chi connectivity index (χ0v) is 13.4. The van der Waals surface area contributed by atoms with Gasteiger partial charge >= 0.3 is 0 Å². The molecule has 2 saturated carbocycles. The molecule has 3 aliphatic rings. The van der Waals surface area contributed by atoms with Crippen molar-refractivity contribution in [3.8, 4) is 0 Å². The molecule has 0 radical (unpaired) electrons. The Morgan fingerprint density at radius 2 is 1.75 bits per heavy atom. The number of Topliss-reactive ketones (excluding diaryl/α,β-unsaturated/α-hetero) is 1. The van der Waals surface area contributed by atoms with E-state index in [9.17, 15) is 4.79 Å². The summed E-state index contributed by atoms with van der Waals surface area (Å²) in [5, 5.41) is 0. The lowest BCUT2D eigenvalue weighted by molar-refractivity contribution is -0.129. The first kappa shape index (κ1) is 14.6. The Labute approximate surface area is 124 Å². The van der Waals surface area contributed by atoms with E-state index in [4.69, 9.17) is 0 Å². The second kappa shape index (κ2) is 5.79. The van der Waals surface area contributed by atoms with Crippen molar-refractivity contribution in [3.63, 3.8) is 0 Å². The van der Waals surface area contributed by atoms with Crippen LogP contribution in [-0.2, 0) is 4.79 Å². The SMILES string of the molecule is CC1CC(=O)C(CN2CCC3(CCCC3)CC2)C(C)C1. The van der Waals surface area contributed by atoms with Gasteiger partial charge in [-0.1, -0.05) is 26.7 Å². The van der Waals surface area contributed by atoms with Gasteiger partial charge in [0.2, 0.25) is 0 Å². The van der Waals surface area contributed by atoms with Crippen molar-refractivity contribution in [3.05, 3.63) is 0 Å². The highest BCUT2D eigenvalue weighted by Gasteiger charge is 2.39. The molecule has 3 rings (SSSR count). The predicted molar refractivity (Wildman–Crippen MR) is 82.6 cm³/mol. The number of carbonyl (C=O) groups excluding carboxylic acids is 1. The first-order chi connectivity index (χ1) is 9.58. The molecule has 114 valence electrons. The van der Waals surface area contributed by atoms with Gasteiger partial charge in [-0.3, -0.25) is 4.79 Å². The number of ketones is 1. The van der Waals surface area contributed by atoms with Crippen LogP contribution in [0, 0.1) is 23.2 Å². The average Bonchev–Trinajstić information content (AvgIpc) is 2.85. The summed E-state index contributed by atoms with van der Waals surface area (Å²) in [7, 11) is 0. The van der Waals surface area contributed by atoms with E-state index in [1.807, 2.05) is 0 Å². The third kappa shape index (κ3) is 2.95. The fourth-order valence-electron chi connectivity index (χ4n) is 5.09. The Bertz CT molecular complexity index is 348. The van der Waals surface area contributed by atoms with Gasteiger partial charge in [0.15, 0.2) is 0 Å². The lowest BCUT2D eigenvalue weighted by Gasteiger charge is -2.42. The van der Waals surface area contributed by atoms with Crippen LogP contribution in [0.15, 0.2) is 0 Å². The number of carbonyl (C=O) groups is 1. The first-order valence-corrected chi connectivity index (χ1v) is 8.83. The molecular formula is C18H31NO. The number of hydrogen-bond donors (Lipinski definition) is 0. The molecule has 1 spiro atoms. The van der Waals surface area contributed by atoms with Crippen LogP contribution in [0.3, 0.4) is 0 Å². The van der Waals surface area contributed by atoms with Gasteiger partial charge in [0.05, 0.1) is 0 Å². The molecule has 2 nitrogen and oxygen atoms in total.